The van der Waals surface area contributed by atoms with Crippen molar-refractivity contribution in [2.45, 2.75) is 50.4 Å². The first-order valence-corrected chi connectivity index (χ1v) is 12.7. The molecule has 3 aromatic rings. The summed E-state index contributed by atoms with van der Waals surface area (Å²) in [6.07, 6.45) is -8.00. The van der Waals surface area contributed by atoms with Crippen molar-refractivity contribution >= 4 is 11.5 Å². The lowest BCUT2D eigenvalue weighted by molar-refractivity contribution is -0.389. The summed E-state index contributed by atoms with van der Waals surface area (Å²) in [6, 6.07) is 8.67. The molecular formula is C26H24F6N4O5. The Morgan fingerprint density at radius 3 is 2.15 bits per heavy atom. The fourth-order valence-corrected chi connectivity index (χ4v) is 4.70. The molecule has 1 atom stereocenters. The van der Waals surface area contributed by atoms with Gasteiger partial charge in [0.1, 0.15) is 36.5 Å². The third-order valence-electron chi connectivity index (χ3n) is 6.82. The van der Waals surface area contributed by atoms with Gasteiger partial charge < -0.3 is 29.2 Å². The number of aryl methyl sites for hydroxylation is 1. The topological polar surface area (TPSA) is 91.9 Å². The Balaban J connectivity index is 1.12. The summed E-state index contributed by atoms with van der Waals surface area (Å²) < 4.78 is 97.5. The number of piperidine rings is 1. The Morgan fingerprint density at radius 1 is 0.927 bits per heavy atom. The van der Waals surface area contributed by atoms with Crippen molar-refractivity contribution in [3.63, 3.8) is 0 Å². The van der Waals surface area contributed by atoms with Gasteiger partial charge in [0.15, 0.2) is 0 Å². The number of fused-ring (bicyclic) bond motifs is 1. The van der Waals surface area contributed by atoms with Crippen molar-refractivity contribution in [2.75, 3.05) is 24.6 Å². The molecular weight excluding hydrogens is 562 g/mol. The first-order valence-electron chi connectivity index (χ1n) is 12.7. The SMILES string of the molecule is O=[N+]([O-])c1cn2c(n1)OC(COc1ccc(N3CCC(Oc4cc(C(F)(F)F)cc(C(F)(F)F)c4)CC3)cc1)CC2. The highest BCUT2D eigenvalue weighted by Gasteiger charge is 2.37. The van der Waals surface area contributed by atoms with Gasteiger partial charge in [0.2, 0.25) is 0 Å². The number of hydrogen-bond acceptors (Lipinski definition) is 7. The molecule has 15 heteroatoms. The molecule has 1 saturated heterocycles. The van der Waals surface area contributed by atoms with E-state index < -0.39 is 40.3 Å². The fourth-order valence-electron chi connectivity index (χ4n) is 4.70. The third-order valence-corrected chi connectivity index (χ3v) is 6.82. The number of hydrogen-bond donors (Lipinski definition) is 0. The maximum Gasteiger partial charge on any atom is 0.416 e. The van der Waals surface area contributed by atoms with Crippen molar-refractivity contribution < 1.29 is 45.5 Å². The maximum atomic E-state index is 13.1. The van der Waals surface area contributed by atoms with Crippen LogP contribution in [0.25, 0.3) is 0 Å². The summed E-state index contributed by atoms with van der Waals surface area (Å²) in [5, 5.41) is 10.9. The van der Waals surface area contributed by atoms with Crippen molar-refractivity contribution in [2.24, 2.45) is 0 Å². The number of nitro groups is 1. The molecule has 1 unspecified atom stereocenters. The normalized spacial score (nSPS) is 18.0. The molecule has 41 heavy (non-hydrogen) atoms. The Kier molecular flexibility index (Phi) is 7.62. The second-order valence-corrected chi connectivity index (χ2v) is 9.71. The minimum Gasteiger partial charge on any atom is -0.490 e. The van der Waals surface area contributed by atoms with Crippen molar-refractivity contribution in [1.82, 2.24) is 9.55 Å². The van der Waals surface area contributed by atoms with E-state index in [0.29, 0.717) is 56.8 Å². The van der Waals surface area contributed by atoms with E-state index in [9.17, 15) is 36.5 Å². The van der Waals surface area contributed by atoms with Crippen LogP contribution in [0.2, 0.25) is 0 Å². The average molecular weight is 586 g/mol. The van der Waals surface area contributed by atoms with E-state index in [2.05, 4.69) is 4.98 Å². The first-order chi connectivity index (χ1) is 19.3. The molecule has 3 heterocycles. The van der Waals surface area contributed by atoms with Crippen molar-refractivity contribution in [3.05, 3.63) is 69.9 Å². The smallest absolute Gasteiger partial charge is 0.416 e. The van der Waals surface area contributed by atoms with Crippen LogP contribution in [-0.4, -0.2) is 46.4 Å². The van der Waals surface area contributed by atoms with Gasteiger partial charge in [0, 0.05) is 49.6 Å². The minimum atomic E-state index is -4.94. The quantitative estimate of drug-likeness (QED) is 0.188. The molecule has 0 spiro atoms. The van der Waals surface area contributed by atoms with Crippen LogP contribution in [0, 0.1) is 10.1 Å². The van der Waals surface area contributed by atoms with Gasteiger partial charge in [-0.15, -0.1) is 0 Å². The molecule has 2 aromatic carbocycles. The van der Waals surface area contributed by atoms with Gasteiger partial charge in [-0.05, 0) is 47.4 Å². The molecule has 0 saturated carbocycles. The molecule has 9 nitrogen and oxygen atoms in total. The summed E-state index contributed by atoms with van der Waals surface area (Å²) in [7, 11) is 0. The van der Waals surface area contributed by atoms with Crippen LogP contribution in [0.1, 0.15) is 30.4 Å². The zero-order valence-electron chi connectivity index (χ0n) is 21.3. The lowest BCUT2D eigenvalue weighted by Crippen LogP contribution is -2.38. The Hall–Kier alpha value is -4.17. The maximum absolute atomic E-state index is 13.1. The van der Waals surface area contributed by atoms with E-state index in [1.165, 1.54) is 6.20 Å². The van der Waals surface area contributed by atoms with E-state index >= 15 is 0 Å². The number of anilines is 1. The summed E-state index contributed by atoms with van der Waals surface area (Å²) in [4.78, 5) is 16.2. The number of rotatable bonds is 7. The third kappa shape index (κ3) is 6.77. The van der Waals surface area contributed by atoms with Crippen molar-refractivity contribution in [1.29, 1.82) is 0 Å². The molecule has 1 fully saturated rings. The van der Waals surface area contributed by atoms with Crippen LogP contribution < -0.4 is 19.1 Å². The van der Waals surface area contributed by atoms with Crippen LogP contribution in [0.4, 0.5) is 37.8 Å². The zero-order chi connectivity index (χ0) is 29.4. The molecule has 220 valence electrons. The lowest BCUT2D eigenvalue weighted by Gasteiger charge is -2.34. The van der Waals surface area contributed by atoms with Crippen LogP contribution in [0.5, 0.6) is 17.5 Å². The Bertz CT molecular complexity index is 1350. The van der Waals surface area contributed by atoms with Crippen LogP contribution in [-0.2, 0) is 18.9 Å². The molecule has 0 aliphatic carbocycles. The van der Waals surface area contributed by atoms with Crippen LogP contribution in [0.3, 0.4) is 0 Å². The second kappa shape index (κ2) is 11.0. The summed E-state index contributed by atoms with van der Waals surface area (Å²) >= 11 is 0. The highest BCUT2D eigenvalue weighted by molar-refractivity contribution is 5.49. The molecule has 2 aliphatic rings. The lowest BCUT2D eigenvalue weighted by atomic mass is 10.1. The van der Waals surface area contributed by atoms with Crippen LogP contribution >= 0.6 is 0 Å². The number of ether oxygens (including phenoxy) is 3. The monoisotopic (exact) mass is 586 g/mol. The number of nitrogens with zero attached hydrogens (tertiary/aromatic N) is 4. The minimum absolute atomic E-state index is 0.0777. The molecule has 2 aliphatic heterocycles. The van der Waals surface area contributed by atoms with Gasteiger partial charge in [-0.2, -0.15) is 26.3 Å². The Morgan fingerprint density at radius 2 is 1.56 bits per heavy atom. The molecule has 0 N–H and O–H groups in total. The fraction of sp³-hybridized carbons (Fsp3) is 0.423. The Labute approximate surface area is 229 Å². The highest BCUT2D eigenvalue weighted by Crippen LogP contribution is 2.39. The zero-order valence-corrected chi connectivity index (χ0v) is 21.3. The van der Waals surface area contributed by atoms with Crippen molar-refractivity contribution in [3.8, 4) is 17.5 Å². The van der Waals surface area contributed by atoms with Gasteiger partial charge in [0.05, 0.1) is 11.1 Å². The van der Waals surface area contributed by atoms with Gasteiger partial charge in [-0.25, -0.2) is 0 Å². The van der Waals surface area contributed by atoms with Gasteiger partial charge in [-0.1, -0.05) is 0 Å². The predicted octanol–water partition coefficient (Wildman–Crippen LogP) is 6.11. The second-order valence-electron chi connectivity index (χ2n) is 9.71. The number of benzene rings is 2. The highest BCUT2D eigenvalue weighted by atomic mass is 19.4. The summed E-state index contributed by atoms with van der Waals surface area (Å²) in [5.41, 5.74) is -1.95. The number of halogens is 6. The number of imidazole rings is 1. The van der Waals surface area contributed by atoms with Gasteiger partial charge in [-0.3, -0.25) is 4.57 Å². The number of aromatic nitrogens is 2. The molecule has 5 rings (SSSR count). The van der Waals surface area contributed by atoms with Gasteiger partial charge in [0.25, 0.3) is 0 Å². The number of alkyl halides is 6. The molecule has 1 aromatic heterocycles. The molecule has 0 radical (unpaired) electrons. The standard InChI is InChI=1S/C26H24F6N4O5/c27-25(28,29)16-11-17(26(30,31)32)13-22(12-16)40-20-5-8-34(9-6-20)18-1-3-19(4-2-18)39-15-21-7-10-35-14-23(36(37)38)33-24(35)41-21/h1-4,11-14,20-21H,5-10,15H2. The first kappa shape index (κ1) is 28.4. The molecule has 0 amide bonds. The van der Waals surface area contributed by atoms with E-state index in [1.54, 1.807) is 16.7 Å². The average Bonchev–Trinajstić information content (AvgIpc) is 3.36. The van der Waals surface area contributed by atoms with Gasteiger partial charge >= 0.3 is 24.2 Å². The van der Waals surface area contributed by atoms with E-state index in [4.69, 9.17) is 14.2 Å². The predicted molar refractivity (Wildman–Crippen MR) is 132 cm³/mol. The molecule has 0 bridgehead atoms. The van der Waals surface area contributed by atoms with Crippen LogP contribution in [0.15, 0.2) is 48.7 Å². The van der Waals surface area contributed by atoms with E-state index in [1.807, 2.05) is 17.0 Å². The van der Waals surface area contributed by atoms with E-state index in [0.717, 1.165) is 5.69 Å². The van der Waals surface area contributed by atoms with E-state index in [-0.39, 0.29) is 30.6 Å². The summed E-state index contributed by atoms with van der Waals surface area (Å²) in [5.74, 6) is -0.157. The largest absolute Gasteiger partial charge is 0.490 e. The summed E-state index contributed by atoms with van der Waals surface area (Å²) in [6.45, 7) is 1.71.